The number of benzene rings is 1. The summed E-state index contributed by atoms with van der Waals surface area (Å²) < 4.78 is 0. The summed E-state index contributed by atoms with van der Waals surface area (Å²) in [5.41, 5.74) is 8.61. The minimum Gasteiger partial charge on any atom is -0.368 e. The fourth-order valence-corrected chi connectivity index (χ4v) is 3.78. The van der Waals surface area contributed by atoms with Crippen molar-refractivity contribution in [1.82, 2.24) is 4.90 Å². The highest BCUT2D eigenvalue weighted by atomic mass is 35.5. The fourth-order valence-electron chi connectivity index (χ4n) is 3.58. The van der Waals surface area contributed by atoms with Crippen LogP contribution in [0.3, 0.4) is 0 Å². The molecule has 20 heavy (non-hydrogen) atoms. The van der Waals surface area contributed by atoms with E-state index in [2.05, 4.69) is 28.9 Å². The minimum absolute atomic E-state index is 0.167. The lowest BCUT2D eigenvalue weighted by molar-refractivity contribution is 0.231. The molecule has 0 aliphatic carbocycles. The van der Waals surface area contributed by atoms with Gasteiger partial charge in [-0.1, -0.05) is 11.6 Å². The molecule has 0 radical (unpaired) electrons. The van der Waals surface area contributed by atoms with E-state index in [1.165, 1.54) is 37.2 Å². The Bertz CT molecular complexity index is 475. The Hall–Kier alpha value is -0.770. The zero-order chi connectivity index (χ0) is 14.1. The molecule has 0 aromatic heterocycles. The average molecular weight is 294 g/mol. The van der Waals surface area contributed by atoms with Crippen LogP contribution in [0, 0.1) is 0 Å². The molecular formula is C16H24ClN3. The van der Waals surface area contributed by atoms with Gasteiger partial charge in [-0.15, -0.1) is 0 Å². The molecule has 0 amide bonds. The second kappa shape index (κ2) is 5.92. The maximum Gasteiger partial charge on any atom is 0.0410 e. The highest BCUT2D eigenvalue weighted by molar-refractivity contribution is 6.30. The molecule has 2 heterocycles. The first kappa shape index (κ1) is 14.2. The van der Waals surface area contributed by atoms with Crippen molar-refractivity contribution in [3.8, 4) is 0 Å². The summed E-state index contributed by atoms with van der Waals surface area (Å²) in [6, 6.07) is 7.16. The molecule has 2 fully saturated rings. The van der Waals surface area contributed by atoms with Gasteiger partial charge in [0.2, 0.25) is 0 Å². The molecule has 2 atom stereocenters. The summed E-state index contributed by atoms with van der Waals surface area (Å²) in [6.45, 7) is 6.79. The van der Waals surface area contributed by atoms with Crippen LogP contribution in [0.25, 0.3) is 0 Å². The topological polar surface area (TPSA) is 32.5 Å². The van der Waals surface area contributed by atoms with E-state index in [1.54, 1.807) is 0 Å². The molecule has 2 saturated heterocycles. The van der Waals surface area contributed by atoms with Crippen LogP contribution in [-0.4, -0.2) is 43.2 Å². The fraction of sp³-hybridized carbons (Fsp3) is 0.625. The van der Waals surface area contributed by atoms with Crippen molar-refractivity contribution in [3.05, 3.63) is 28.8 Å². The quantitative estimate of drug-likeness (QED) is 0.929. The minimum atomic E-state index is 0.167. The van der Waals surface area contributed by atoms with Crippen LogP contribution in [0.2, 0.25) is 5.02 Å². The largest absolute Gasteiger partial charge is 0.368 e. The van der Waals surface area contributed by atoms with Gasteiger partial charge >= 0.3 is 0 Å². The zero-order valence-electron chi connectivity index (χ0n) is 12.2. The Morgan fingerprint density at radius 3 is 3.00 bits per heavy atom. The van der Waals surface area contributed by atoms with Crippen LogP contribution in [0.4, 0.5) is 5.69 Å². The third-order valence-electron chi connectivity index (χ3n) is 4.51. The number of hydrogen-bond acceptors (Lipinski definition) is 3. The highest BCUT2D eigenvalue weighted by Crippen LogP contribution is 2.30. The van der Waals surface area contributed by atoms with E-state index < -0.39 is 0 Å². The molecule has 1 aromatic rings. The molecule has 2 N–H and O–H groups in total. The maximum atomic E-state index is 6.16. The Kier molecular flexibility index (Phi) is 4.20. The smallest absolute Gasteiger partial charge is 0.0410 e. The van der Waals surface area contributed by atoms with Gasteiger partial charge in [0.1, 0.15) is 0 Å². The number of fused-ring (bicyclic) bond motifs is 1. The van der Waals surface area contributed by atoms with Gasteiger partial charge in [0.15, 0.2) is 0 Å². The molecule has 1 aromatic carbocycles. The van der Waals surface area contributed by atoms with Crippen LogP contribution in [0.15, 0.2) is 18.2 Å². The third-order valence-corrected chi connectivity index (χ3v) is 4.75. The number of nitrogens with zero attached hydrogens (tertiary/aromatic N) is 2. The van der Waals surface area contributed by atoms with E-state index >= 15 is 0 Å². The second-order valence-electron chi connectivity index (χ2n) is 6.23. The Labute approximate surface area is 126 Å². The van der Waals surface area contributed by atoms with Crippen molar-refractivity contribution >= 4 is 17.3 Å². The number of anilines is 1. The maximum absolute atomic E-state index is 6.16. The highest BCUT2D eigenvalue weighted by Gasteiger charge is 2.31. The summed E-state index contributed by atoms with van der Waals surface area (Å²) in [4.78, 5) is 5.16. The van der Waals surface area contributed by atoms with Crippen LogP contribution in [-0.2, 0) is 6.42 Å². The molecule has 0 bridgehead atoms. The van der Waals surface area contributed by atoms with Gasteiger partial charge in [-0.25, -0.2) is 0 Å². The van der Waals surface area contributed by atoms with E-state index in [9.17, 15) is 0 Å². The predicted molar refractivity (Wildman–Crippen MR) is 85.6 cm³/mol. The Morgan fingerprint density at radius 2 is 2.20 bits per heavy atom. The van der Waals surface area contributed by atoms with Gasteiger partial charge in [0.25, 0.3) is 0 Å². The standard InChI is InChI=1S/C16H24ClN3/c1-12(18)9-13-10-14(17)4-5-16(13)20-8-7-19-6-2-3-15(19)11-20/h4-5,10,12,15H,2-3,6-9,11,18H2,1H3. The Balaban J connectivity index is 1.82. The number of hydrogen-bond donors (Lipinski definition) is 1. The van der Waals surface area contributed by atoms with Crippen LogP contribution in [0.1, 0.15) is 25.3 Å². The summed E-state index contributed by atoms with van der Waals surface area (Å²) in [6.07, 6.45) is 3.58. The number of nitrogens with two attached hydrogens (primary N) is 1. The molecule has 4 heteroatoms. The number of rotatable bonds is 3. The van der Waals surface area contributed by atoms with E-state index in [4.69, 9.17) is 17.3 Å². The van der Waals surface area contributed by atoms with E-state index in [0.29, 0.717) is 0 Å². The summed E-state index contributed by atoms with van der Waals surface area (Å²) in [7, 11) is 0. The van der Waals surface area contributed by atoms with Crippen LogP contribution >= 0.6 is 11.6 Å². The van der Waals surface area contributed by atoms with E-state index in [1.807, 2.05) is 6.07 Å². The lowest BCUT2D eigenvalue weighted by Gasteiger charge is -2.39. The van der Waals surface area contributed by atoms with Crippen molar-refractivity contribution < 1.29 is 0 Å². The van der Waals surface area contributed by atoms with E-state index in [0.717, 1.165) is 30.6 Å². The van der Waals surface area contributed by atoms with Gasteiger partial charge in [-0.2, -0.15) is 0 Å². The van der Waals surface area contributed by atoms with Crippen molar-refractivity contribution in [1.29, 1.82) is 0 Å². The lowest BCUT2D eigenvalue weighted by Crippen LogP contribution is -2.50. The normalized spacial score (nSPS) is 24.8. The molecule has 110 valence electrons. The summed E-state index contributed by atoms with van der Waals surface area (Å²) in [5, 5.41) is 0.809. The molecule has 2 aliphatic rings. The van der Waals surface area contributed by atoms with Crippen molar-refractivity contribution in [2.45, 2.75) is 38.3 Å². The average Bonchev–Trinajstić information content (AvgIpc) is 2.85. The lowest BCUT2D eigenvalue weighted by atomic mass is 10.0. The zero-order valence-corrected chi connectivity index (χ0v) is 12.9. The molecule has 0 spiro atoms. The first-order valence-corrected chi connectivity index (χ1v) is 8.04. The molecule has 2 aliphatic heterocycles. The van der Waals surface area contributed by atoms with Gasteiger partial charge < -0.3 is 10.6 Å². The molecular weight excluding hydrogens is 270 g/mol. The van der Waals surface area contributed by atoms with Crippen LogP contribution < -0.4 is 10.6 Å². The molecule has 2 unspecified atom stereocenters. The van der Waals surface area contributed by atoms with Crippen molar-refractivity contribution in [2.24, 2.45) is 5.73 Å². The summed E-state index contributed by atoms with van der Waals surface area (Å²) >= 11 is 6.16. The molecule has 0 saturated carbocycles. The first-order chi connectivity index (χ1) is 9.63. The van der Waals surface area contributed by atoms with Crippen molar-refractivity contribution in [2.75, 3.05) is 31.1 Å². The monoisotopic (exact) mass is 293 g/mol. The molecule has 3 nitrogen and oxygen atoms in total. The van der Waals surface area contributed by atoms with Gasteiger partial charge in [0.05, 0.1) is 0 Å². The van der Waals surface area contributed by atoms with Gasteiger partial charge in [-0.3, -0.25) is 4.90 Å². The van der Waals surface area contributed by atoms with Gasteiger partial charge in [0, 0.05) is 42.4 Å². The summed E-state index contributed by atoms with van der Waals surface area (Å²) in [5.74, 6) is 0. The predicted octanol–water partition coefficient (Wildman–Crippen LogP) is 2.51. The number of piperazine rings is 1. The third kappa shape index (κ3) is 2.95. The van der Waals surface area contributed by atoms with Crippen LogP contribution in [0.5, 0.6) is 0 Å². The SMILES string of the molecule is CC(N)Cc1cc(Cl)ccc1N1CCN2CCCC2C1. The first-order valence-electron chi connectivity index (χ1n) is 7.66. The van der Waals surface area contributed by atoms with Crippen molar-refractivity contribution in [3.63, 3.8) is 0 Å². The van der Waals surface area contributed by atoms with E-state index in [-0.39, 0.29) is 6.04 Å². The molecule has 3 rings (SSSR count). The van der Waals surface area contributed by atoms with Gasteiger partial charge in [-0.05, 0) is 56.5 Å². The number of halogens is 1. The Morgan fingerprint density at radius 1 is 1.35 bits per heavy atom. The second-order valence-corrected chi connectivity index (χ2v) is 6.67.